The molecule has 0 aromatic heterocycles. The number of hydrogen-bond acceptors (Lipinski definition) is 3. The van der Waals surface area contributed by atoms with Gasteiger partial charge < -0.3 is 10.6 Å². The molecule has 0 atom stereocenters. The minimum Gasteiger partial charge on any atom is -0.322 e. The van der Waals surface area contributed by atoms with Crippen molar-refractivity contribution < 1.29 is 9.18 Å². The minimum absolute atomic E-state index is 0.199. The van der Waals surface area contributed by atoms with Crippen molar-refractivity contribution >= 4 is 23.4 Å². The highest BCUT2D eigenvalue weighted by atomic mass is 32.2. The van der Waals surface area contributed by atoms with Crippen LogP contribution in [0.1, 0.15) is 12.8 Å². The van der Waals surface area contributed by atoms with E-state index < -0.39 is 5.82 Å². The van der Waals surface area contributed by atoms with Gasteiger partial charge in [0.1, 0.15) is 5.82 Å². The molecule has 3 nitrogen and oxygen atoms in total. The number of nitrogens with one attached hydrogen (secondary N) is 2. The van der Waals surface area contributed by atoms with Crippen LogP contribution in [-0.4, -0.2) is 30.5 Å². The highest BCUT2D eigenvalue weighted by Crippen LogP contribution is 2.21. The third kappa shape index (κ3) is 4.84. The van der Waals surface area contributed by atoms with Crippen LogP contribution in [0.15, 0.2) is 24.3 Å². The fourth-order valence-electron chi connectivity index (χ4n) is 2.10. The molecule has 2 N–H and O–H groups in total. The number of hydrogen-bond donors (Lipinski definition) is 2. The SMILES string of the molecule is O=C(CNCC1CCSCC1)Nc1ccccc1F. The second-order valence-corrected chi connectivity index (χ2v) is 5.94. The zero-order valence-corrected chi connectivity index (χ0v) is 11.6. The summed E-state index contributed by atoms with van der Waals surface area (Å²) in [6, 6.07) is 6.20. The number of halogens is 1. The molecule has 1 fully saturated rings. The molecular weight excluding hydrogens is 263 g/mol. The van der Waals surface area contributed by atoms with Crippen molar-refractivity contribution in [3.8, 4) is 0 Å². The lowest BCUT2D eigenvalue weighted by atomic mass is 10.0. The van der Waals surface area contributed by atoms with Gasteiger partial charge in [-0.1, -0.05) is 12.1 Å². The lowest BCUT2D eigenvalue weighted by molar-refractivity contribution is -0.115. The highest BCUT2D eigenvalue weighted by molar-refractivity contribution is 7.99. The first kappa shape index (κ1) is 14.3. The summed E-state index contributed by atoms with van der Waals surface area (Å²) in [5.74, 6) is 2.50. The Hall–Kier alpha value is -1.07. The van der Waals surface area contributed by atoms with E-state index >= 15 is 0 Å². The Balaban J connectivity index is 1.68. The van der Waals surface area contributed by atoms with E-state index in [1.165, 1.54) is 30.4 Å². The topological polar surface area (TPSA) is 41.1 Å². The van der Waals surface area contributed by atoms with E-state index in [1.807, 2.05) is 11.8 Å². The van der Waals surface area contributed by atoms with E-state index in [0.717, 1.165) is 6.54 Å². The van der Waals surface area contributed by atoms with Crippen LogP contribution in [-0.2, 0) is 4.79 Å². The van der Waals surface area contributed by atoms with E-state index in [0.29, 0.717) is 5.92 Å². The Morgan fingerprint density at radius 1 is 1.32 bits per heavy atom. The van der Waals surface area contributed by atoms with E-state index in [9.17, 15) is 9.18 Å². The first-order valence-electron chi connectivity index (χ1n) is 6.58. The second-order valence-electron chi connectivity index (χ2n) is 4.71. The van der Waals surface area contributed by atoms with Gasteiger partial charge in [-0.3, -0.25) is 4.79 Å². The molecule has 2 rings (SSSR count). The van der Waals surface area contributed by atoms with Gasteiger partial charge >= 0.3 is 0 Å². The normalized spacial score (nSPS) is 16.3. The van der Waals surface area contributed by atoms with E-state index in [4.69, 9.17) is 0 Å². The van der Waals surface area contributed by atoms with E-state index in [1.54, 1.807) is 18.2 Å². The lowest BCUT2D eigenvalue weighted by Crippen LogP contribution is -2.33. The molecule has 19 heavy (non-hydrogen) atoms. The number of para-hydroxylation sites is 1. The van der Waals surface area contributed by atoms with Crippen molar-refractivity contribution in [3.63, 3.8) is 0 Å². The molecule has 1 aliphatic heterocycles. The van der Waals surface area contributed by atoms with Crippen molar-refractivity contribution in [2.24, 2.45) is 5.92 Å². The summed E-state index contributed by atoms with van der Waals surface area (Å²) >= 11 is 1.99. The number of thioether (sulfide) groups is 1. The molecule has 0 bridgehead atoms. The standard InChI is InChI=1S/C14H19FN2OS/c15-12-3-1-2-4-13(12)17-14(18)10-16-9-11-5-7-19-8-6-11/h1-4,11,16H,5-10H2,(H,17,18). The van der Waals surface area contributed by atoms with Gasteiger partial charge in [0.25, 0.3) is 0 Å². The zero-order chi connectivity index (χ0) is 13.5. The first-order valence-corrected chi connectivity index (χ1v) is 7.74. The molecule has 1 saturated heterocycles. The minimum atomic E-state index is -0.403. The molecule has 1 amide bonds. The lowest BCUT2D eigenvalue weighted by Gasteiger charge is -2.21. The van der Waals surface area contributed by atoms with Crippen molar-refractivity contribution in [3.05, 3.63) is 30.1 Å². The number of anilines is 1. The first-order chi connectivity index (χ1) is 9.25. The van der Waals surface area contributed by atoms with E-state index in [2.05, 4.69) is 10.6 Å². The van der Waals surface area contributed by atoms with Crippen molar-refractivity contribution in [1.82, 2.24) is 5.32 Å². The molecule has 1 heterocycles. The zero-order valence-electron chi connectivity index (χ0n) is 10.8. The van der Waals surface area contributed by atoms with Gasteiger partial charge in [-0.25, -0.2) is 4.39 Å². The molecule has 104 valence electrons. The molecule has 1 aliphatic rings. The quantitative estimate of drug-likeness (QED) is 0.872. The maximum absolute atomic E-state index is 13.3. The Bertz CT molecular complexity index is 422. The monoisotopic (exact) mass is 282 g/mol. The molecule has 1 aromatic carbocycles. The van der Waals surface area contributed by atoms with E-state index in [-0.39, 0.29) is 18.1 Å². The fraction of sp³-hybridized carbons (Fsp3) is 0.500. The molecule has 0 unspecified atom stereocenters. The Kier molecular flexibility index (Phi) is 5.66. The van der Waals surface area contributed by atoms with Crippen LogP contribution >= 0.6 is 11.8 Å². The largest absolute Gasteiger partial charge is 0.322 e. The molecule has 0 aliphatic carbocycles. The summed E-state index contributed by atoms with van der Waals surface area (Å²) in [5.41, 5.74) is 0.239. The van der Waals surface area contributed by atoms with Crippen LogP contribution in [0.2, 0.25) is 0 Å². The van der Waals surface area contributed by atoms with Crippen LogP contribution in [0.4, 0.5) is 10.1 Å². The Morgan fingerprint density at radius 2 is 2.05 bits per heavy atom. The number of rotatable bonds is 5. The van der Waals surface area contributed by atoms with Crippen molar-refractivity contribution in [1.29, 1.82) is 0 Å². The smallest absolute Gasteiger partial charge is 0.238 e. The molecule has 0 spiro atoms. The summed E-state index contributed by atoms with van der Waals surface area (Å²) in [5, 5.41) is 5.72. The highest BCUT2D eigenvalue weighted by Gasteiger charge is 2.13. The average Bonchev–Trinajstić information content (AvgIpc) is 2.43. The Morgan fingerprint density at radius 3 is 2.79 bits per heavy atom. The van der Waals surface area contributed by atoms with Gasteiger partial charge in [0.2, 0.25) is 5.91 Å². The molecule has 0 saturated carbocycles. The third-order valence-corrected chi connectivity index (χ3v) is 4.26. The fourth-order valence-corrected chi connectivity index (χ4v) is 3.30. The molecule has 5 heteroatoms. The molecule has 0 radical (unpaired) electrons. The van der Waals surface area contributed by atoms with Gasteiger partial charge in [-0.05, 0) is 48.9 Å². The van der Waals surface area contributed by atoms with Crippen LogP contribution in [0.5, 0.6) is 0 Å². The van der Waals surface area contributed by atoms with Crippen molar-refractivity contribution in [2.45, 2.75) is 12.8 Å². The molecular formula is C14H19FN2OS. The second kappa shape index (κ2) is 7.50. The summed E-state index contributed by atoms with van der Waals surface area (Å²) in [4.78, 5) is 11.7. The van der Waals surface area contributed by atoms with Crippen molar-refractivity contribution in [2.75, 3.05) is 29.9 Å². The maximum atomic E-state index is 13.3. The predicted molar refractivity (Wildman–Crippen MR) is 77.9 cm³/mol. The van der Waals surface area contributed by atoms with Crippen LogP contribution in [0.3, 0.4) is 0 Å². The summed E-state index contributed by atoms with van der Waals surface area (Å²) in [6.07, 6.45) is 2.43. The number of carbonyl (C=O) groups is 1. The van der Waals surface area contributed by atoms with Gasteiger partial charge in [0.15, 0.2) is 0 Å². The number of benzene rings is 1. The van der Waals surface area contributed by atoms with Gasteiger partial charge in [-0.2, -0.15) is 11.8 Å². The summed E-state index contributed by atoms with van der Waals surface area (Å²) < 4.78 is 13.3. The number of carbonyl (C=O) groups excluding carboxylic acids is 1. The number of amides is 1. The Labute approximate surface area is 117 Å². The predicted octanol–water partition coefficient (Wildman–Crippen LogP) is 2.50. The van der Waals surface area contributed by atoms with Crippen LogP contribution < -0.4 is 10.6 Å². The van der Waals surface area contributed by atoms with Gasteiger partial charge in [0.05, 0.1) is 12.2 Å². The van der Waals surface area contributed by atoms with Gasteiger partial charge in [0, 0.05) is 0 Å². The van der Waals surface area contributed by atoms with Crippen LogP contribution in [0, 0.1) is 11.7 Å². The third-order valence-electron chi connectivity index (χ3n) is 3.21. The summed E-state index contributed by atoms with van der Waals surface area (Å²) in [6.45, 7) is 1.10. The van der Waals surface area contributed by atoms with Crippen LogP contribution in [0.25, 0.3) is 0 Å². The maximum Gasteiger partial charge on any atom is 0.238 e. The average molecular weight is 282 g/mol. The molecule has 1 aromatic rings. The summed E-state index contributed by atoms with van der Waals surface area (Å²) in [7, 11) is 0. The van der Waals surface area contributed by atoms with Gasteiger partial charge in [-0.15, -0.1) is 0 Å².